The van der Waals surface area contributed by atoms with Gasteiger partial charge in [-0.05, 0) is 48.2 Å². The molecule has 7 heteroatoms. The molecule has 1 N–H and O–H groups in total. The zero-order valence-electron chi connectivity index (χ0n) is 16.2. The zero-order chi connectivity index (χ0) is 20.8. The molecule has 5 nitrogen and oxygen atoms in total. The van der Waals surface area contributed by atoms with E-state index in [0.29, 0.717) is 18.4 Å². The van der Waals surface area contributed by atoms with E-state index in [1.807, 2.05) is 0 Å². The summed E-state index contributed by atoms with van der Waals surface area (Å²) >= 11 is 0. The van der Waals surface area contributed by atoms with Gasteiger partial charge < -0.3 is 15.0 Å². The van der Waals surface area contributed by atoms with Crippen LogP contribution < -0.4 is 5.32 Å². The molecule has 2 aromatic carbocycles. The standard InChI is InChI=1S/C22H24F2N2O3/c1-29-14-21(27)26-13-17(7-10-20(26)16-5-8-18(23)9-6-16)22(28)25-12-15-3-2-4-19(24)11-15/h2-6,8-9,11,17,20H,7,10,12-14H2,1H3,(H,25,28). The van der Waals surface area contributed by atoms with E-state index < -0.39 is 0 Å². The Bertz CT molecular complexity index is 857. The van der Waals surface area contributed by atoms with Gasteiger partial charge in [0.15, 0.2) is 0 Å². The molecule has 29 heavy (non-hydrogen) atoms. The number of piperidine rings is 1. The van der Waals surface area contributed by atoms with Crippen molar-refractivity contribution in [3.8, 4) is 0 Å². The molecule has 2 unspecified atom stereocenters. The van der Waals surface area contributed by atoms with Crippen molar-refractivity contribution in [2.75, 3.05) is 20.3 Å². The molecule has 1 aliphatic rings. The zero-order valence-corrected chi connectivity index (χ0v) is 16.2. The van der Waals surface area contributed by atoms with Gasteiger partial charge in [-0.2, -0.15) is 0 Å². The smallest absolute Gasteiger partial charge is 0.249 e. The van der Waals surface area contributed by atoms with Gasteiger partial charge in [-0.15, -0.1) is 0 Å². The van der Waals surface area contributed by atoms with Crippen LogP contribution in [0.15, 0.2) is 48.5 Å². The summed E-state index contributed by atoms with van der Waals surface area (Å²) in [5.41, 5.74) is 1.50. The summed E-state index contributed by atoms with van der Waals surface area (Å²) in [7, 11) is 1.44. The van der Waals surface area contributed by atoms with Crippen LogP contribution in [-0.2, 0) is 20.9 Å². The molecule has 0 bridgehead atoms. The minimum absolute atomic E-state index is 0.0880. The Morgan fingerprint density at radius 3 is 2.55 bits per heavy atom. The van der Waals surface area contributed by atoms with Crippen molar-refractivity contribution in [2.24, 2.45) is 5.92 Å². The van der Waals surface area contributed by atoms with Crippen molar-refractivity contribution < 1.29 is 23.1 Å². The predicted octanol–water partition coefficient (Wildman–Crippen LogP) is 3.21. The maximum absolute atomic E-state index is 13.3. The molecule has 2 aromatic rings. The van der Waals surface area contributed by atoms with Crippen LogP contribution in [0.1, 0.15) is 30.0 Å². The van der Waals surface area contributed by atoms with Crippen molar-refractivity contribution in [1.29, 1.82) is 0 Å². The highest BCUT2D eigenvalue weighted by atomic mass is 19.1. The summed E-state index contributed by atoms with van der Waals surface area (Å²) < 4.78 is 31.6. The van der Waals surface area contributed by atoms with Crippen molar-refractivity contribution in [2.45, 2.75) is 25.4 Å². The van der Waals surface area contributed by atoms with Gasteiger partial charge in [0.2, 0.25) is 11.8 Å². The van der Waals surface area contributed by atoms with E-state index in [4.69, 9.17) is 4.74 Å². The molecular formula is C22H24F2N2O3. The van der Waals surface area contributed by atoms with Gasteiger partial charge in [0.05, 0.1) is 12.0 Å². The number of benzene rings is 2. The first-order valence-corrected chi connectivity index (χ1v) is 9.54. The van der Waals surface area contributed by atoms with E-state index in [0.717, 1.165) is 5.56 Å². The van der Waals surface area contributed by atoms with Crippen LogP contribution in [0.2, 0.25) is 0 Å². The van der Waals surface area contributed by atoms with Crippen LogP contribution in [0.25, 0.3) is 0 Å². The normalized spacial score (nSPS) is 19.1. The molecule has 154 valence electrons. The second-order valence-electron chi connectivity index (χ2n) is 7.17. The number of carbonyl (C=O) groups excluding carboxylic acids is 2. The van der Waals surface area contributed by atoms with E-state index in [9.17, 15) is 18.4 Å². The lowest BCUT2D eigenvalue weighted by Crippen LogP contribution is -2.47. The number of amides is 2. The third kappa shape index (κ3) is 5.38. The highest BCUT2D eigenvalue weighted by Crippen LogP contribution is 2.33. The van der Waals surface area contributed by atoms with Gasteiger partial charge in [-0.25, -0.2) is 8.78 Å². The first-order chi connectivity index (χ1) is 14.0. The Morgan fingerprint density at radius 2 is 1.86 bits per heavy atom. The van der Waals surface area contributed by atoms with Crippen molar-refractivity contribution in [3.63, 3.8) is 0 Å². The topological polar surface area (TPSA) is 58.6 Å². The quantitative estimate of drug-likeness (QED) is 0.807. The van der Waals surface area contributed by atoms with Crippen molar-refractivity contribution >= 4 is 11.8 Å². The van der Waals surface area contributed by atoms with E-state index >= 15 is 0 Å². The van der Waals surface area contributed by atoms with Gasteiger partial charge in [0, 0.05) is 20.2 Å². The number of nitrogens with zero attached hydrogens (tertiary/aromatic N) is 1. The molecule has 0 saturated carbocycles. The summed E-state index contributed by atoms with van der Waals surface area (Å²) in [5.74, 6) is -1.46. The maximum atomic E-state index is 13.3. The van der Waals surface area contributed by atoms with Crippen molar-refractivity contribution in [3.05, 3.63) is 71.3 Å². The van der Waals surface area contributed by atoms with Gasteiger partial charge in [0.1, 0.15) is 18.2 Å². The van der Waals surface area contributed by atoms with Crippen molar-refractivity contribution in [1.82, 2.24) is 10.2 Å². The monoisotopic (exact) mass is 402 g/mol. The molecular weight excluding hydrogens is 378 g/mol. The average molecular weight is 402 g/mol. The van der Waals surface area contributed by atoms with E-state index in [1.165, 1.54) is 31.4 Å². The Balaban J connectivity index is 1.68. The molecule has 0 aliphatic carbocycles. The second-order valence-corrected chi connectivity index (χ2v) is 7.17. The summed E-state index contributed by atoms with van der Waals surface area (Å²) in [6, 6.07) is 11.9. The van der Waals surface area contributed by atoms with E-state index in [-0.39, 0.29) is 55.1 Å². The number of likely N-dealkylation sites (tertiary alicyclic amines) is 1. The molecule has 1 fully saturated rings. The first-order valence-electron chi connectivity index (χ1n) is 9.54. The summed E-state index contributed by atoms with van der Waals surface area (Å²) in [6.45, 7) is 0.384. The number of carbonyl (C=O) groups is 2. The highest BCUT2D eigenvalue weighted by molar-refractivity contribution is 5.82. The fraction of sp³-hybridized carbons (Fsp3) is 0.364. The fourth-order valence-electron chi connectivity index (χ4n) is 3.68. The number of rotatable bonds is 6. The molecule has 0 radical (unpaired) electrons. The third-order valence-corrected chi connectivity index (χ3v) is 5.15. The molecule has 2 amide bonds. The van der Waals surface area contributed by atoms with Crippen LogP contribution in [0.4, 0.5) is 8.78 Å². The number of halogens is 2. The largest absolute Gasteiger partial charge is 0.375 e. The Labute approximate surface area is 168 Å². The van der Waals surface area contributed by atoms with Crippen LogP contribution in [0.3, 0.4) is 0 Å². The molecule has 1 heterocycles. The molecule has 0 spiro atoms. The summed E-state index contributed by atoms with van der Waals surface area (Å²) in [4.78, 5) is 26.9. The van der Waals surface area contributed by atoms with Crippen LogP contribution in [-0.4, -0.2) is 37.0 Å². The Hall–Kier alpha value is -2.80. The average Bonchev–Trinajstić information content (AvgIpc) is 2.72. The van der Waals surface area contributed by atoms with E-state index in [2.05, 4.69) is 5.32 Å². The highest BCUT2D eigenvalue weighted by Gasteiger charge is 2.35. The van der Waals surface area contributed by atoms with Gasteiger partial charge >= 0.3 is 0 Å². The minimum Gasteiger partial charge on any atom is -0.375 e. The number of ether oxygens (including phenoxy) is 1. The van der Waals surface area contributed by atoms with Gasteiger partial charge in [0.25, 0.3) is 0 Å². The van der Waals surface area contributed by atoms with Crippen LogP contribution in [0, 0.1) is 17.6 Å². The maximum Gasteiger partial charge on any atom is 0.249 e. The molecule has 1 aliphatic heterocycles. The van der Waals surface area contributed by atoms with Crippen LogP contribution >= 0.6 is 0 Å². The minimum atomic E-state index is -0.374. The molecule has 3 rings (SSSR count). The van der Waals surface area contributed by atoms with Gasteiger partial charge in [-0.3, -0.25) is 9.59 Å². The molecule has 2 atom stereocenters. The lowest BCUT2D eigenvalue weighted by atomic mass is 9.88. The summed E-state index contributed by atoms with van der Waals surface area (Å²) in [6.07, 6.45) is 1.17. The SMILES string of the molecule is COCC(=O)N1CC(C(=O)NCc2cccc(F)c2)CCC1c1ccc(F)cc1. The molecule has 1 saturated heterocycles. The lowest BCUT2D eigenvalue weighted by Gasteiger charge is -2.39. The number of hydrogen-bond donors (Lipinski definition) is 1. The first kappa shape index (κ1) is 20.9. The Morgan fingerprint density at radius 1 is 1.10 bits per heavy atom. The van der Waals surface area contributed by atoms with Gasteiger partial charge in [-0.1, -0.05) is 24.3 Å². The lowest BCUT2D eigenvalue weighted by molar-refractivity contribution is -0.142. The third-order valence-electron chi connectivity index (χ3n) is 5.15. The predicted molar refractivity (Wildman–Crippen MR) is 104 cm³/mol. The molecule has 0 aromatic heterocycles. The number of hydrogen-bond acceptors (Lipinski definition) is 3. The summed E-state index contributed by atoms with van der Waals surface area (Å²) in [5, 5.41) is 2.83. The van der Waals surface area contributed by atoms with Crippen LogP contribution in [0.5, 0.6) is 0 Å². The second kappa shape index (κ2) is 9.60. The Kier molecular flexibility index (Phi) is 6.93. The fourth-order valence-corrected chi connectivity index (χ4v) is 3.68. The van der Waals surface area contributed by atoms with E-state index in [1.54, 1.807) is 29.2 Å². The number of nitrogens with one attached hydrogen (secondary N) is 1. The number of methoxy groups -OCH3 is 1.